The largest absolute Gasteiger partial charge is 0.355 e. The van der Waals surface area contributed by atoms with Crippen molar-refractivity contribution in [1.29, 1.82) is 0 Å². The van der Waals surface area contributed by atoms with Crippen LogP contribution in [0, 0.1) is 0 Å². The maximum atomic E-state index is 4.53. The molecule has 118 valence electrons. The Hall–Kier alpha value is -1.41. The molecule has 2 aromatic rings. The van der Waals surface area contributed by atoms with Crippen molar-refractivity contribution in [1.82, 2.24) is 0 Å². The Morgan fingerprint density at radius 1 is 0.773 bits per heavy atom. The first-order valence-electron chi connectivity index (χ1n) is 7.78. The Kier molecular flexibility index (Phi) is 4.62. The molecule has 0 unspecified atom stereocenters. The molecule has 0 saturated carbocycles. The van der Waals surface area contributed by atoms with Crippen LogP contribution in [0.5, 0.6) is 0 Å². The van der Waals surface area contributed by atoms with Gasteiger partial charge in [-0.05, 0) is 46.2 Å². The van der Waals surface area contributed by atoms with Gasteiger partial charge in [0.1, 0.15) is 0 Å². The van der Waals surface area contributed by atoms with Crippen molar-refractivity contribution >= 4 is 24.0 Å². The summed E-state index contributed by atoms with van der Waals surface area (Å²) in [6.45, 7) is 13.5. The van der Waals surface area contributed by atoms with Crippen LogP contribution in [0.1, 0.15) is 52.7 Å². The molecular weight excluding hydrogens is 286 g/mol. The molecule has 0 aliphatic heterocycles. The lowest BCUT2D eigenvalue weighted by Gasteiger charge is -2.26. The summed E-state index contributed by atoms with van der Waals surface area (Å²) in [4.78, 5) is 0.959. The van der Waals surface area contributed by atoms with Crippen LogP contribution in [0.4, 0.5) is 11.4 Å². The molecule has 2 rings (SSSR count). The summed E-state index contributed by atoms with van der Waals surface area (Å²) in [5, 5.41) is 3.52. The topological polar surface area (TPSA) is 12.0 Å². The highest BCUT2D eigenvalue weighted by Gasteiger charge is 2.20. The van der Waals surface area contributed by atoms with Crippen LogP contribution in [-0.2, 0) is 10.8 Å². The summed E-state index contributed by atoms with van der Waals surface area (Å²) in [7, 11) is 0. The Bertz CT molecular complexity index is 628. The highest BCUT2D eigenvalue weighted by atomic mass is 32.1. The number of para-hydroxylation sites is 1. The number of anilines is 2. The zero-order valence-corrected chi connectivity index (χ0v) is 15.4. The van der Waals surface area contributed by atoms with Crippen molar-refractivity contribution < 1.29 is 0 Å². The number of hydrogen-bond acceptors (Lipinski definition) is 2. The normalized spacial score (nSPS) is 12.3. The van der Waals surface area contributed by atoms with Gasteiger partial charge >= 0.3 is 0 Å². The predicted octanol–water partition coefficient (Wildman–Crippen LogP) is 6.31. The van der Waals surface area contributed by atoms with Gasteiger partial charge in [0.15, 0.2) is 0 Å². The minimum absolute atomic E-state index is 0.123. The van der Waals surface area contributed by atoms with Crippen LogP contribution >= 0.6 is 12.6 Å². The number of benzene rings is 2. The average molecular weight is 314 g/mol. The van der Waals surface area contributed by atoms with Crippen LogP contribution in [-0.4, -0.2) is 0 Å². The first-order valence-corrected chi connectivity index (χ1v) is 8.23. The second kappa shape index (κ2) is 6.00. The molecule has 0 radical (unpaired) electrons. The Balaban J connectivity index is 2.49. The van der Waals surface area contributed by atoms with Crippen molar-refractivity contribution in [2.45, 2.75) is 57.3 Å². The van der Waals surface area contributed by atoms with E-state index >= 15 is 0 Å². The van der Waals surface area contributed by atoms with E-state index in [9.17, 15) is 0 Å². The van der Waals surface area contributed by atoms with E-state index in [0.29, 0.717) is 0 Å². The van der Waals surface area contributed by atoms with Crippen molar-refractivity contribution in [2.24, 2.45) is 0 Å². The summed E-state index contributed by atoms with van der Waals surface area (Å²) in [6.07, 6.45) is 0. The molecule has 0 saturated heterocycles. The van der Waals surface area contributed by atoms with E-state index in [1.54, 1.807) is 0 Å². The third-order valence-electron chi connectivity index (χ3n) is 3.85. The lowest BCUT2D eigenvalue weighted by Crippen LogP contribution is -2.16. The number of thiol groups is 1. The fourth-order valence-corrected chi connectivity index (χ4v) is 2.52. The lowest BCUT2D eigenvalue weighted by molar-refractivity contribution is 0.569. The number of hydrogen-bond donors (Lipinski definition) is 2. The van der Waals surface area contributed by atoms with E-state index in [1.165, 1.54) is 11.1 Å². The van der Waals surface area contributed by atoms with E-state index < -0.39 is 0 Å². The average Bonchev–Trinajstić information content (AvgIpc) is 2.39. The molecule has 0 atom stereocenters. The van der Waals surface area contributed by atoms with Gasteiger partial charge < -0.3 is 5.32 Å². The zero-order valence-electron chi connectivity index (χ0n) is 14.5. The van der Waals surface area contributed by atoms with E-state index in [-0.39, 0.29) is 10.8 Å². The molecule has 1 nitrogen and oxygen atoms in total. The molecule has 0 spiro atoms. The van der Waals surface area contributed by atoms with Gasteiger partial charge in [0.05, 0.1) is 5.69 Å². The lowest BCUT2D eigenvalue weighted by atomic mass is 9.80. The smallest absolute Gasteiger partial charge is 0.0519 e. The minimum atomic E-state index is 0.123. The van der Waals surface area contributed by atoms with Gasteiger partial charge in [-0.25, -0.2) is 0 Å². The standard InChI is InChI=1S/C20H27NS/c1-19(2,3)14-11-15(20(4,5)6)13-16(12-14)21-17-9-7-8-10-18(17)22/h7-13,21-22H,1-6H3. The van der Waals surface area contributed by atoms with Gasteiger partial charge in [0.25, 0.3) is 0 Å². The van der Waals surface area contributed by atoms with Crippen LogP contribution < -0.4 is 5.32 Å². The first kappa shape index (κ1) is 17.0. The van der Waals surface area contributed by atoms with Crippen molar-refractivity contribution in [3.8, 4) is 0 Å². The second-order valence-electron chi connectivity index (χ2n) is 7.94. The fraction of sp³-hybridized carbons (Fsp3) is 0.400. The molecule has 0 bridgehead atoms. The molecule has 22 heavy (non-hydrogen) atoms. The monoisotopic (exact) mass is 313 g/mol. The summed E-state index contributed by atoms with van der Waals surface area (Å²) < 4.78 is 0. The van der Waals surface area contributed by atoms with Gasteiger partial charge in [-0.3, -0.25) is 0 Å². The van der Waals surface area contributed by atoms with Crippen molar-refractivity contribution in [3.63, 3.8) is 0 Å². The SMILES string of the molecule is CC(C)(C)c1cc(Nc2ccccc2S)cc(C(C)(C)C)c1. The van der Waals surface area contributed by atoms with Gasteiger partial charge in [0.2, 0.25) is 0 Å². The minimum Gasteiger partial charge on any atom is -0.355 e. The molecule has 0 fully saturated rings. The Labute approximate surface area is 140 Å². The summed E-state index contributed by atoms with van der Waals surface area (Å²) in [5.41, 5.74) is 5.10. The van der Waals surface area contributed by atoms with Gasteiger partial charge in [-0.1, -0.05) is 59.7 Å². The van der Waals surface area contributed by atoms with Gasteiger partial charge in [-0.2, -0.15) is 0 Å². The molecule has 2 aromatic carbocycles. The number of nitrogens with one attached hydrogen (secondary N) is 1. The first-order chi connectivity index (χ1) is 10.1. The molecule has 2 heteroatoms. The van der Waals surface area contributed by atoms with Crippen molar-refractivity contribution in [2.75, 3.05) is 5.32 Å². The molecule has 1 N–H and O–H groups in total. The van der Waals surface area contributed by atoms with E-state index in [4.69, 9.17) is 0 Å². The quantitative estimate of drug-likeness (QED) is 0.619. The maximum Gasteiger partial charge on any atom is 0.0519 e. The fourth-order valence-electron chi connectivity index (χ4n) is 2.30. The van der Waals surface area contributed by atoms with Crippen LogP contribution in [0.15, 0.2) is 47.4 Å². The summed E-state index contributed by atoms with van der Waals surface area (Å²) in [5.74, 6) is 0. The molecular formula is C20H27NS. The maximum absolute atomic E-state index is 4.53. The molecule has 0 aromatic heterocycles. The van der Waals surface area contributed by atoms with Gasteiger partial charge in [0, 0.05) is 10.6 Å². The van der Waals surface area contributed by atoms with Crippen molar-refractivity contribution in [3.05, 3.63) is 53.6 Å². The highest BCUT2D eigenvalue weighted by molar-refractivity contribution is 7.80. The van der Waals surface area contributed by atoms with Gasteiger partial charge in [-0.15, -0.1) is 12.6 Å². The third-order valence-corrected chi connectivity index (χ3v) is 4.24. The van der Waals surface area contributed by atoms with Crippen LogP contribution in [0.25, 0.3) is 0 Å². The van der Waals surface area contributed by atoms with Crippen LogP contribution in [0.2, 0.25) is 0 Å². The Morgan fingerprint density at radius 2 is 1.27 bits per heavy atom. The molecule has 0 aliphatic rings. The molecule has 0 aliphatic carbocycles. The molecule has 0 amide bonds. The van der Waals surface area contributed by atoms with E-state index in [1.807, 2.05) is 18.2 Å². The summed E-state index contributed by atoms with van der Waals surface area (Å²) in [6, 6.07) is 14.9. The van der Waals surface area contributed by atoms with E-state index in [0.717, 1.165) is 16.3 Å². The second-order valence-corrected chi connectivity index (χ2v) is 8.42. The van der Waals surface area contributed by atoms with E-state index in [2.05, 4.69) is 83.8 Å². The van der Waals surface area contributed by atoms with Crippen LogP contribution in [0.3, 0.4) is 0 Å². The number of rotatable bonds is 2. The summed E-state index contributed by atoms with van der Waals surface area (Å²) >= 11 is 4.53. The predicted molar refractivity (Wildman–Crippen MR) is 101 cm³/mol. The zero-order chi connectivity index (χ0) is 16.5. The highest BCUT2D eigenvalue weighted by Crippen LogP contribution is 2.33. The Morgan fingerprint density at radius 3 is 1.73 bits per heavy atom. The molecule has 0 heterocycles. The third kappa shape index (κ3) is 4.07.